The second-order valence-electron chi connectivity index (χ2n) is 6.72. The predicted octanol–water partition coefficient (Wildman–Crippen LogP) is 7.45. The average molecular weight is 393 g/mol. The first-order valence-corrected chi connectivity index (χ1v) is 9.23. The van der Waals surface area contributed by atoms with E-state index in [0.29, 0.717) is 11.1 Å². The Bertz CT molecular complexity index is 1400. The Labute approximate surface area is 190 Å². The van der Waals surface area contributed by atoms with Crippen LogP contribution in [0.15, 0.2) is 85.2 Å². The van der Waals surface area contributed by atoms with E-state index < -0.39 is 39.2 Å². The van der Waals surface area contributed by atoms with Crippen LogP contribution in [-0.2, 0) is 0 Å². The second kappa shape index (κ2) is 8.08. The van der Waals surface area contributed by atoms with Gasteiger partial charge in [0.2, 0.25) is 0 Å². The Hall–Kier alpha value is -3.13. The summed E-state index contributed by atoms with van der Waals surface area (Å²) >= 11 is 0. The number of benzene rings is 3. The van der Waals surface area contributed by atoms with Crippen LogP contribution in [0.4, 0.5) is 0 Å². The first-order valence-electron chi connectivity index (χ1n) is 15.2. The number of hydrogen-bond donors (Lipinski definition) is 0. The van der Waals surface area contributed by atoms with Crippen molar-refractivity contribution in [3.8, 4) is 28.2 Å². The molecule has 0 saturated carbocycles. The zero-order valence-corrected chi connectivity index (χ0v) is 15.6. The monoisotopic (exact) mass is 392 g/mol. The molecule has 4 aromatic rings. The number of hydrogen-bond acceptors (Lipinski definition) is 1. The Morgan fingerprint density at radius 2 is 1.28 bits per heavy atom. The molecule has 0 spiro atoms. The zero-order valence-electron chi connectivity index (χ0n) is 27.6. The van der Waals surface area contributed by atoms with Crippen molar-refractivity contribution in [3.05, 3.63) is 96.3 Å². The lowest BCUT2D eigenvalue weighted by Gasteiger charge is -2.23. The summed E-state index contributed by atoms with van der Waals surface area (Å²) in [5.41, 5.74) is 0.790. The lowest BCUT2D eigenvalue weighted by atomic mass is 9.88. The summed E-state index contributed by atoms with van der Waals surface area (Å²) in [6.45, 7) is -12.2. The van der Waals surface area contributed by atoms with Gasteiger partial charge in [0.15, 0.2) is 0 Å². The highest BCUT2D eigenvalue weighted by atomic mass is 15.1. The van der Waals surface area contributed by atoms with Crippen LogP contribution in [0.2, 0.25) is 0 Å². The van der Waals surface area contributed by atoms with Gasteiger partial charge in [-0.1, -0.05) is 88.1 Å². The van der Waals surface area contributed by atoms with Crippen molar-refractivity contribution in [3.63, 3.8) is 0 Å². The Balaban J connectivity index is 2.25. The van der Waals surface area contributed by atoms with Crippen LogP contribution in [-0.4, -0.2) is 9.55 Å². The summed E-state index contributed by atoms with van der Waals surface area (Å²) in [5.74, 6) is -3.90. The highest BCUT2D eigenvalue weighted by Crippen LogP contribution is 2.37. The van der Waals surface area contributed by atoms with E-state index in [9.17, 15) is 0 Å². The average Bonchev–Trinajstić information content (AvgIpc) is 3.31. The molecule has 4 rings (SSSR count). The Morgan fingerprint density at radius 1 is 0.724 bits per heavy atom. The molecule has 0 saturated heterocycles. The van der Waals surface area contributed by atoms with Gasteiger partial charge in [-0.3, -0.25) is 4.57 Å². The number of nitrogens with zero attached hydrogens (tertiary/aromatic N) is 2. The third-order valence-electron chi connectivity index (χ3n) is 4.81. The van der Waals surface area contributed by atoms with Crippen LogP contribution in [0, 0.1) is 0 Å². The van der Waals surface area contributed by atoms with Crippen molar-refractivity contribution < 1.29 is 16.4 Å². The number of rotatable bonds is 5. The third-order valence-corrected chi connectivity index (χ3v) is 4.81. The highest BCUT2D eigenvalue weighted by molar-refractivity contribution is 5.71. The van der Waals surface area contributed by atoms with Gasteiger partial charge in [0.05, 0.1) is 5.69 Å². The van der Waals surface area contributed by atoms with Gasteiger partial charge < -0.3 is 0 Å². The molecule has 0 aliphatic heterocycles. The van der Waals surface area contributed by atoms with Crippen LogP contribution in [0.5, 0.6) is 0 Å². The molecule has 0 bridgehead atoms. The third kappa shape index (κ3) is 3.75. The zero-order chi connectivity index (χ0) is 30.4. The van der Waals surface area contributed by atoms with Gasteiger partial charge in [-0.25, -0.2) is 4.98 Å². The quantitative estimate of drug-likeness (QED) is 0.345. The molecule has 2 heteroatoms. The molecule has 1 heterocycles. The van der Waals surface area contributed by atoms with Crippen LogP contribution in [0.25, 0.3) is 28.2 Å². The molecule has 0 radical (unpaired) electrons. The molecule has 1 aromatic heterocycles. The smallest absolute Gasteiger partial charge is 0.144 e. The molecule has 0 atom stereocenters. The van der Waals surface area contributed by atoms with E-state index in [-0.39, 0.29) is 28.2 Å². The van der Waals surface area contributed by atoms with Crippen molar-refractivity contribution in [2.75, 3.05) is 0 Å². The first kappa shape index (κ1) is 9.58. The maximum atomic E-state index is 8.25. The predicted molar refractivity (Wildman–Crippen MR) is 123 cm³/mol. The standard InChI is InChI=1S/C27H28N2/c1-19(2)24-17-23(21-11-7-5-8-12-21)18-25(20(3)4)26(24)29-16-15-28-27(29)22-13-9-6-10-14-22/h5-20H,1-4H3/i1D3,2D3,3D3,4D3. The van der Waals surface area contributed by atoms with Crippen molar-refractivity contribution in [1.82, 2.24) is 9.55 Å². The van der Waals surface area contributed by atoms with Crippen molar-refractivity contribution in [1.29, 1.82) is 0 Å². The van der Waals surface area contributed by atoms with E-state index in [1.807, 2.05) is 0 Å². The summed E-state index contributed by atoms with van der Waals surface area (Å²) in [4.78, 5) is 4.39. The topological polar surface area (TPSA) is 17.8 Å². The van der Waals surface area contributed by atoms with Crippen LogP contribution >= 0.6 is 0 Å². The lowest BCUT2D eigenvalue weighted by Crippen LogP contribution is -2.08. The molecule has 0 aliphatic carbocycles. The van der Waals surface area contributed by atoms with Crippen LogP contribution in [0.3, 0.4) is 0 Å². The molecular formula is C27H28N2. The summed E-state index contributed by atoms with van der Waals surface area (Å²) in [6, 6.07) is 20.1. The van der Waals surface area contributed by atoms with E-state index in [2.05, 4.69) is 4.98 Å². The van der Waals surface area contributed by atoms with E-state index in [1.54, 1.807) is 60.7 Å². The van der Waals surface area contributed by atoms with Gasteiger partial charge in [0.1, 0.15) is 5.82 Å². The van der Waals surface area contributed by atoms with Gasteiger partial charge in [0, 0.05) is 34.4 Å². The van der Waals surface area contributed by atoms with Crippen LogP contribution in [0.1, 0.15) is 66.8 Å². The van der Waals surface area contributed by atoms with Crippen molar-refractivity contribution in [2.24, 2.45) is 0 Å². The molecule has 2 nitrogen and oxygen atoms in total. The minimum absolute atomic E-state index is 0.143. The summed E-state index contributed by atoms with van der Waals surface area (Å²) in [7, 11) is 0. The van der Waals surface area contributed by atoms with E-state index in [4.69, 9.17) is 16.4 Å². The van der Waals surface area contributed by atoms with E-state index in [1.165, 1.54) is 29.1 Å². The van der Waals surface area contributed by atoms with E-state index in [0.717, 1.165) is 0 Å². The molecule has 0 amide bonds. The molecule has 3 aromatic carbocycles. The Kier molecular flexibility index (Phi) is 2.67. The van der Waals surface area contributed by atoms with Crippen molar-refractivity contribution >= 4 is 0 Å². The fourth-order valence-corrected chi connectivity index (χ4v) is 3.48. The van der Waals surface area contributed by atoms with Gasteiger partial charge >= 0.3 is 0 Å². The minimum Gasteiger partial charge on any atom is -0.299 e. The summed E-state index contributed by atoms with van der Waals surface area (Å²) < 4.78 is 100. The SMILES string of the molecule is [2H]C([2H])([2H])C(c1cc(-c2ccccc2)cc(C(C([2H])([2H])[2H])C([2H])([2H])[2H])c1-n1ccnc1-c1ccccc1)C([2H])([2H])[2H]. The maximum absolute atomic E-state index is 8.25. The van der Waals surface area contributed by atoms with Gasteiger partial charge in [-0.2, -0.15) is 0 Å². The number of imidazole rings is 1. The number of aromatic nitrogens is 2. The van der Waals surface area contributed by atoms with E-state index >= 15 is 0 Å². The largest absolute Gasteiger partial charge is 0.299 e. The molecular weight excluding hydrogens is 352 g/mol. The van der Waals surface area contributed by atoms with Crippen molar-refractivity contribution in [2.45, 2.75) is 39.2 Å². The molecule has 146 valence electrons. The molecule has 29 heavy (non-hydrogen) atoms. The molecule has 0 unspecified atom stereocenters. The molecule has 0 fully saturated rings. The van der Waals surface area contributed by atoms with Gasteiger partial charge in [-0.15, -0.1) is 0 Å². The Morgan fingerprint density at radius 3 is 1.83 bits per heavy atom. The van der Waals surface area contributed by atoms with Gasteiger partial charge in [0.25, 0.3) is 0 Å². The summed E-state index contributed by atoms with van der Waals surface area (Å²) in [5, 5.41) is 0. The molecule has 0 aliphatic rings. The first-order chi connectivity index (χ1) is 18.9. The highest BCUT2D eigenvalue weighted by Gasteiger charge is 2.20. The lowest BCUT2D eigenvalue weighted by molar-refractivity contribution is 0.807. The van der Waals surface area contributed by atoms with Gasteiger partial charge in [-0.05, 0) is 46.2 Å². The van der Waals surface area contributed by atoms with Crippen LogP contribution < -0.4 is 0 Å². The molecule has 0 N–H and O–H groups in total. The fourth-order valence-electron chi connectivity index (χ4n) is 3.48. The fraction of sp³-hybridized carbons (Fsp3) is 0.222. The normalized spacial score (nSPS) is 19.2. The maximum Gasteiger partial charge on any atom is 0.144 e. The summed E-state index contributed by atoms with van der Waals surface area (Å²) in [6.07, 6.45) is 2.85. The second-order valence-corrected chi connectivity index (χ2v) is 6.72. The minimum atomic E-state index is -3.06.